The van der Waals surface area contributed by atoms with Gasteiger partial charge < -0.3 is 10.7 Å². The van der Waals surface area contributed by atoms with Crippen LogP contribution in [-0.2, 0) is 6.42 Å². The number of aromatic nitrogens is 2. The molecule has 0 aliphatic carbocycles. The van der Waals surface area contributed by atoms with Crippen LogP contribution in [0.3, 0.4) is 0 Å². The van der Waals surface area contributed by atoms with E-state index in [-0.39, 0.29) is 5.56 Å². The van der Waals surface area contributed by atoms with E-state index in [9.17, 15) is 9.59 Å². The van der Waals surface area contributed by atoms with E-state index in [1.807, 2.05) is 30.3 Å². The van der Waals surface area contributed by atoms with Gasteiger partial charge in [-0.05, 0) is 23.8 Å². The van der Waals surface area contributed by atoms with Crippen molar-refractivity contribution in [2.75, 3.05) is 0 Å². The highest BCUT2D eigenvalue weighted by Crippen LogP contribution is 2.12. The lowest BCUT2D eigenvalue weighted by atomic mass is 10.1. The zero-order valence-electron chi connectivity index (χ0n) is 11.2. The number of H-pyrrole nitrogens is 1. The Morgan fingerprint density at radius 3 is 2.62 bits per heavy atom. The minimum Gasteiger partial charge on any atom is -0.366 e. The van der Waals surface area contributed by atoms with Gasteiger partial charge in [0.25, 0.3) is 5.56 Å². The molecule has 0 aliphatic rings. The predicted molar refractivity (Wildman–Crippen MR) is 80.1 cm³/mol. The van der Waals surface area contributed by atoms with Crippen molar-refractivity contribution in [1.82, 2.24) is 9.97 Å². The molecule has 0 saturated heterocycles. The first-order chi connectivity index (χ1) is 10.1. The van der Waals surface area contributed by atoms with Crippen LogP contribution in [0.25, 0.3) is 11.0 Å². The van der Waals surface area contributed by atoms with Gasteiger partial charge in [0.15, 0.2) is 0 Å². The molecule has 21 heavy (non-hydrogen) atoms. The molecule has 2 aromatic carbocycles. The van der Waals surface area contributed by atoms with E-state index < -0.39 is 5.91 Å². The van der Waals surface area contributed by atoms with Crippen molar-refractivity contribution in [3.05, 3.63) is 75.7 Å². The number of nitrogens with zero attached hydrogens (tertiary/aromatic N) is 1. The highest BCUT2D eigenvalue weighted by Gasteiger charge is 2.08. The van der Waals surface area contributed by atoms with Crippen molar-refractivity contribution < 1.29 is 4.79 Å². The molecule has 0 spiro atoms. The number of benzene rings is 2. The molecule has 3 aromatic rings. The molecule has 5 nitrogen and oxygen atoms in total. The molecule has 0 bridgehead atoms. The van der Waals surface area contributed by atoms with Gasteiger partial charge in [-0.3, -0.25) is 9.59 Å². The molecule has 0 saturated carbocycles. The Kier molecular flexibility index (Phi) is 3.23. The summed E-state index contributed by atoms with van der Waals surface area (Å²) < 4.78 is 0. The summed E-state index contributed by atoms with van der Waals surface area (Å²) in [6.45, 7) is 0. The van der Waals surface area contributed by atoms with E-state index in [0.29, 0.717) is 28.7 Å². The third-order valence-electron chi connectivity index (χ3n) is 3.26. The number of fused-ring (bicyclic) bond motifs is 1. The van der Waals surface area contributed by atoms with E-state index in [1.54, 1.807) is 18.2 Å². The molecule has 0 aliphatic heterocycles. The van der Waals surface area contributed by atoms with Crippen molar-refractivity contribution in [1.29, 1.82) is 0 Å². The lowest BCUT2D eigenvalue weighted by Gasteiger charge is -2.04. The first-order valence-corrected chi connectivity index (χ1v) is 6.50. The van der Waals surface area contributed by atoms with Gasteiger partial charge in [-0.1, -0.05) is 30.3 Å². The maximum absolute atomic E-state index is 12.1. The van der Waals surface area contributed by atoms with Gasteiger partial charge in [0.05, 0.1) is 11.0 Å². The van der Waals surface area contributed by atoms with Gasteiger partial charge in [0.1, 0.15) is 5.69 Å². The molecule has 0 fully saturated rings. The second-order valence-corrected chi connectivity index (χ2v) is 4.77. The number of carbonyl (C=O) groups is 1. The van der Waals surface area contributed by atoms with Crippen LogP contribution < -0.4 is 11.3 Å². The van der Waals surface area contributed by atoms with E-state index in [2.05, 4.69) is 9.97 Å². The lowest BCUT2D eigenvalue weighted by Crippen LogP contribution is -2.16. The van der Waals surface area contributed by atoms with E-state index in [0.717, 1.165) is 5.56 Å². The molecule has 1 amide bonds. The SMILES string of the molecule is NC(=O)c1ccc2nc(Cc3ccccc3)c(=O)[nH]c2c1. The highest BCUT2D eigenvalue weighted by atomic mass is 16.1. The van der Waals surface area contributed by atoms with E-state index >= 15 is 0 Å². The summed E-state index contributed by atoms with van der Waals surface area (Å²) in [5.74, 6) is -0.536. The van der Waals surface area contributed by atoms with E-state index in [1.165, 1.54) is 0 Å². The average molecular weight is 279 g/mol. The van der Waals surface area contributed by atoms with Gasteiger partial charge >= 0.3 is 0 Å². The fourth-order valence-corrected chi connectivity index (χ4v) is 2.19. The van der Waals surface area contributed by atoms with Crippen LogP contribution in [-0.4, -0.2) is 15.9 Å². The Hall–Kier alpha value is -2.95. The Morgan fingerprint density at radius 2 is 1.90 bits per heavy atom. The lowest BCUT2D eigenvalue weighted by molar-refractivity contribution is 0.100. The molecule has 3 rings (SSSR count). The third kappa shape index (κ3) is 2.67. The Morgan fingerprint density at radius 1 is 1.14 bits per heavy atom. The van der Waals surface area contributed by atoms with Crippen molar-refractivity contribution >= 4 is 16.9 Å². The Balaban J connectivity index is 2.05. The maximum atomic E-state index is 12.1. The number of nitrogens with two attached hydrogens (primary N) is 1. The summed E-state index contributed by atoms with van der Waals surface area (Å²) in [5, 5.41) is 0. The van der Waals surface area contributed by atoms with Crippen LogP contribution in [0.4, 0.5) is 0 Å². The van der Waals surface area contributed by atoms with Crippen molar-refractivity contribution in [3.8, 4) is 0 Å². The van der Waals surface area contributed by atoms with Crippen molar-refractivity contribution in [3.63, 3.8) is 0 Å². The number of nitrogens with one attached hydrogen (secondary N) is 1. The second-order valence-electron chi connectivity index (χ2n) is 4.77. The van der Waals surface area contributed by atoms with Gasteiger partial charge in [-0.15, -0.1) is 0 Å². The number of hydrogen-bond donors (Lipinski definition) is 2. The zero-order chi connectivity index (χ0) is 14.8. The number of aromatic amines is 1. The van der Waals surface area contributed by atoms with Gasteiger partial charge in [-0.25, -0.2) is 4.98 Å². The molecular formula is C16H13N3O2. The zero-order valence-corrected chi connectivity index (χ0v) is 11.2. The van der Waals surface area contributed by atoms with Gasteiger partial charge in [0, 0.05) is 12.0 Å². The number of primary amides is 1. The number of carbonyl (C=O) groups excluding carboxylic acids is 1. The summed E-state index contributed by atoms with van der Waals surface area (Å²) in [6.07, 6.45) is 0.462. The van der Waals surface area contributed by atoms with E-state index in [4.69, 9.17) is 5.73 Å². The van der Waals surface area contributed by atoms with Crippen LogP contribution >= 0.6 is 0 Å². The van der Waals surface area contributed by atoms with Gasteiger partial charge in [-0.2, -0.15) is 0 Å². The van der Waals surface area contributed by atoms with Crippen molar-refractivity contribution in [2.24, 2.45) is 5.73 Å². The molecule has 5 heteroatoms. The standard InChI is InChI=1S/C16H13N3O2/c17-15(20)11-6-7-12-13(9-11)19-16(21)14(18-12)8-10-4-2-1-3-5-10/h1-7,9H,8H2,(H2,17,20)(H,19,21). The van der Waals surface area contributed by atoms with Gasteiger partial charge in [0.2, 0.25) is 5.91 Å². The Labute approximate surface area is 120 Å². The normalized spacial score (nSPS) is 10.7. The summed E-state index contributed by atoms with van der Waals surface area (Å²) in [7, 11) is 0. The summed E-state index contributed by atoms with van der Waals surface area (Å²) in [6, 6.07) is 14.5. The molecule has 0 radical (unpaired) electrons. The smallest absolute Gasteiger partial charge is 0.270 e. The van der Waals surface area contributed by atoms with Crippen molar-refractivity contribution in [2.45, 2.75) is 6.42 Å². The molecule has 1 heterocycles. The number of rotatable bonds is 3. The van der Waals surface area contributed by atoms with Crippen LogP contribution in [0, 0.1) is 0 Å². The quantitative estimate of drug-likeness (QED) is 0.763. The number of hydrogen-bond acceptors (Lipinski definition) is 3. The van der Waals surface area contributed by atoms with Crippen LogP contribution in [0.2, 0.25) is 0 Å². The fraction of sp³-hybridized carbons (Fsp3) is 0.0625. The fourth-order valence-electron chi connectivity index (χ4n) is 2.19. The summed E-state index contributed by atoms with van der Waals surface area (Å²) >= 11 is 0. The largest absolute Gasteiger partial charge is 0.366 e. The Bertz CT molecular complexity index is 870. The highest BCUT2D eigenvalue weighted by molar-refractivity contribution is 5.96. The predicted octanol–water partition coefficient (Wildman–Crippen LogP) is 1.61. The summed E-state index contributed by atoms with van der Waals surface area (Å²) in [4.78, 5) is 30.4. The maximum Gasteiger partial charge on any atom is 0.270 e. The molecule has 0 atom stereocenters. The van der Waals surface area contributed by atoms with Crippen LogP contribution in [0.15, 0.2) is 53.3 Å². The minimum atomic E-state index is -0.536. The molecule has 0 unspecified atom stereocenters. The third-order valence-corrected chi connectivity index (χ3v) is 3.26. The second kappa shape index (κ2) is 5.20. The van der Waals surface area contributed by atoms with Crippen LogP contribution in [0.1, 0.15) is 21.6 Å². The molecule has 3 N–H and O–H groups in total. The summed E-state index contributed by atoms with van der Waals surface area (Å²) in [5.41, 5.74) is 7.91. The number of amides is 1. The molecule has 1 aromatic heterocycles. The van der Waals surface area contributed by atoms with Crippen LogP contribution in [0.5, 0.6) is 0 Å². The monoisotopic (exact) mass is 279 g/mol. The average Bonchev–Trinajstić information content (AvgIpc) is 2.48. The minimum absolute atomic E-state index is 0.257. The topological polar surface area (TPSA) is 88.8 Å². The first kappa shape index (κ1) is 13.1. The molecule has 104 valence electrons. The first-order valence-electron chi connectivity index (χ1n) is 6.50. The molecular weight excluding hydrogens is 266 g/mol.